The number of hydrogen-bond acceptors (Lipinski definition) is 4. The molecule has 0 bridgehead atoms. The Bertz CT molecular complexity index is 992. The fourth-order valence-electron chi connectivity index (χ4n) is 11.1. The molecule has 0 spiro atoms. The Morgan fingerprint density at radius 3 is 2.28 bits per heavy atom. The molecular formula is C32H50O4. The van der Waals surface area contributed by atoms with E-state index in [0.717, 1.165) is 50.5 Å². The standard InChI is InChI=1S/C32H50O4/c1-9-36-27(35)32-17-16-30(7)20(26(32)25(19(2)3)21(33)18-32)10-11-23-29(6)14-13-24(34)28(4,5)22(29)12-15-31(23,30)8/h19-20,22-24,34H,9-18H2,1-8H3/t20-,22+,23-,24+,29+,30-,31-,32-/m1/s1. The zero-order valence-corrected chi connectivity index (χ0v) is 24.1. The van der Waals surface area contributed by atoms with Crippen LogP contribution < -0.4 is 0 Å². The Kier molecular flexibility index (Phi) is 6.00. The van der Waals surface area contributed by atoms with E-state index in [0.29, 0.717) is 24.9 Å². The SMILES string of the molecule is CCOC(=O)[C@@]12CC[C@]3(C)[C@H](CC[C@@H]4[C@@]5(C)CC[C@H](O)C(C)(C)[C@@H]5CC[C@]43C)C1=C(C(C)C)C(=O)C2. The van der Waals surface area contributed by atoms with Gasteiger partial charge in [0.1, 0.15) is 0 Å². The molecule has 8 atom stereocenters. The number of ether oxygens (including phenoxy) is 1. The maximum Gasteiger partial charge on any atom is 0.316 e. The average Bonchev–Trinajstić information content (AvgIpc) is 3.10. The molecule has 4 saturated carbocycles. The fraction of sp³-hybridized carbons (Fsp3) is 0.875. The number of carbonyl (C=O) groups excluding carboxylic acids is 2. The summed E-state index contributed by atoms with van der Waals surface area (Å²) in [6, 6.07) is 0. The van der Waals surface area contributed by atoms with Crippen LogP contribution in [0.5, 0.6) is 0 Å². The van der Waals surface area contributed by atoms with Crippen molar-refractivity contribution in [2.75, 3.05) is 6.61 Å². The van der Waals surface area contributed by atoms with Gasteiger partial charge in [-0.1, -0.05) is 48.5 Å². The van der Waals surface area contributed by atoms with Gasteiger partial charge in [0.2, 0.25) is 0 Å². The third-order valence-electron chi connectivity index (χ3n) is 13.1. The van der Waals surface area contributed by atoms with Crippen LogP contribution in [0.15, 0.2) is 11.1 Å². The Morgan fingerprint density at radius 2 is 1.64 bits per heavy atom. The molecule has 0 radical (unpaired) electrons. The van der Waals surface area contributed by atoms with E-state index < -0.39 is 5.41 Å². The third kappa shape index (κ3) is 3.09. The zero-order valence-electron chi connectivity index (χ0n) is 24.1. The molecule has 202 valence electrons. The number of carbonyl (C=O) groups is 2. The molecule has 1 N–H and O–H groups in total. The second-order valence-electron chi connectivity index (χ2n) is 14.9. The highest BCUT2D eigenvalue weighted by Crippen LogP contribution is 2.76. The van der Waals surface area contributed by atoms with Crippen molar-refractivity contribution in [2.45, 2.75) is 119 Å². The van der Waals surface area contributed by atoms with E-state index in [1.165, 1.54) is 12.0 Å². The molecule has 0 saturated heterocycles. The normalized spacial score (nSPS) is 47.7. The first kappa shape index (κ1) is 26.4. The van der Waals surface area contributed by atoms with Crippen LogP contribution in [0.4, 0.5) is 0 Å². The fourth-order valence-corrected chi connectivity index (χ4v) is 11.1. The molecule has 0 aromatic rings. The molecule has 5 rings (SSSR count). The lowest BCUT2D eigenvalue weighted by Gasteiger charge is -2.72. The lowest BCUT2D eigenvalue weighted by molar-refractivity contribution is -0.229. The molecule has 0 unspecified atom stereocenters. The van der Waals surface area contributed by atoms with E-state index in [-0.39, 0.29) is 51.4 Å². The summed E-state index contributed by atoms with van der Waals surface area (Å²) in [6.45, 7) is 18.7. The largest absolute Gasteiger partial charge is 0.465 e. The summed E-state index contributed by atoms with van der Waals surface area (Å²) >= 11 is 0. The van der Waals surface area contributed by atoms with Crippen LogP contribution in [0.2, 0.25) is 0 Å². The number of hydrogen-bond donors (Lipinski definition) is 1. The van der Waals surface area contributed by atoms with E-state index in [9.17, 15) is 14.7 Å². The smallest absolute Gasteiger partial charge is 0.316 e. The van der Waals surface area contributed by atoms with Gasteiger partial charge in [-0.2, -0.15) is 0 Å². The van der Waals surface area contributed by atoms with Gasteiger partial charge in [-0.25, -0.2) is 0 Å². The van der Waals surface area contributed by atoms with E-state index >= 15 is 0 Å². The maximum atomic E-state index is 13.6. The Morgan fingerprint density at radius 1 is 0.944 bits per heavy atom. The van der Waals surface area contributed by atoms with Crippen LogP contribution in [0, 0.1) is 50.7 Å². The van der Waals surface area contributed by atoms with Gasteiger partial charge in [-0.05, 0) is 115 Å². The number of esters is 1. The first-order valence-electron chi connectivity index (χ1n) is 14.8. The maximum absolute atomic E-state index is 13.6. The van der Waals surface area contributed by atoms with Crippen LogP contribution in [-0.2, 0) is 14.3 Å². The van der Waals surface area contributed by atoms with Crippen molar-refractivity contribution in [1.82, 2.24) is 0 Å². The van der Waals surface area contributed by atoms with Gasteiger partial charge in [0.25, 0.3) is 0 Å². The zero-order chi connectivity index (χ0) is 26.5. The van der Waals surface area contributed by atoms with Crippen LogP contribution in [0.3, 0.4) is 0 Å². The number of rotatable bonds is 3. The van der Waals surface area contributed by atoms with Crippen LogP contribution >= 0.6 is 0 Å². The molecule has 0 heterocycles. The van der Waals surface area contributed by atoms with Crippen molar-refractivity contribution >= 4 is 11.8 Å². The Hall–Kier alpha value is -1.16. The highest BCUT2D eigenvalue weighted by atomic mass is 16.5. The van der Waals surface area contributed by atoms with Crippen molar-refractivity contribution in [1.29, 1.82) is 0 Å². The molecule has 5 aliphatic carbocycles. The quantitative estimate of drug-likeness (QED) is 0.430. The first-order valence-corrected chi connectivity index (χ1v) is 14.8. The minimum atomic E-state index is -0.738. The summed E-state index contributed by atoms with van der Waals surface area (Å²) in [7, 11) is 0. The third-order valence-corrected chi connectivity index (χ3v) is 13.1. The highest BCUT2D eigenvalue weighted by molar-refractivity contribution is 6.05. The number of aliphatic hydroxyl groups excluding tert-OH is 1. The molecule has 4 fully saturated rings. The van der Waals surface area contributed by atoms with Gasteiger partial charge < -0.3 is 9.84 Å². The monoisotopic (exact) mass is 498 g/mol. The molecule has 36 heavy (non-hydrogen) atoms. The molecule has 0 aliphatic heterocycles. The predicted octanol–water partition coefficient (Wildman–Crippen LogP) is 6.89. The van der Waals surface area contributed by atoms with Gasteiger partial charge in [-0.15, -0.1) is 0 Å². The lowest BCUT2D eigenvalue weighted by Crippen LogP contribution is -2.65. The summed E-state index contributed by atoms with van der Waals surface area (Å²) in [5, 5.41) is 10.9. The highest BCUT2D eigenvalue weighted by Gasteiger charge is 2.71. The second kappa shape index (κ2) is 8.17. The van der Waals surface area contributed by atoms with Crippen LogP contribution in [0.25, 0.3) is 0 Å². The molecular weight excluding hydrogens is 448 g/mol. The number of fused-ring (bicyclic) bond motifs is 7. The van der Waals surface area contributed by atoms with Gasteiger partial charge in [0, 0.05) is 6.42 Å². The topological polar surface area (TPSA) is 63.6 Å². The van der Waals surface area contributed by atoms with Gasteiger partial charge >= 0.3 is 5.97 Å². The predicted molar refractivity (Wildman–Crippen MR) is 142 cm³/mol. The van der Waals surface area contributed by atoms with Crippen molar-refractivity contribution in [2.24, 2.45) is 50.7 Å². The van der Waals surface area contributed by atoms with E-state index in [1.54, 1.807) is 0 Å². The number of Topliss-reactive ketones (excluding diaryl/α,β-unsaturated/α-hetero) is 1. The lowest BCUT2D eigenvalue weighted by atomic mass is 9.33. The minimum absolute atomic E-state index is 0.0527. The van der Waals surface area contributed by atoms with Gasteiger partial charge in [0.05, 0.1) is 18.1 Å². The van der Waals surface area contributed by atoms with E-state index in [2.05, 4.69) is 48.5 Å². The molecule has 4 nitrogen and oxygen atoms in total. The van der Waals surface area contributed by atoms with Crippen molar-refractivity contribution < 1.29 is 19.4 Å². The number of aliphatic hydroxyl groups is 1. The summed E-state index contributed by atoms with van der Waals surface area (Å²) in [5.74, 6) is 1.56. The van der Waals surface area contributed by atoms with Gasteiger partial charge in [0.15, 0.2) is 5.78 Å². The van der Waals surface area contributed by atoms with Crippen molar-refractivity contribution in [3.8, 4) is 0 Å². The molecule has 4 heteroatoms. The van der Waals surface area contributed by atoms with Crippen LogP contribution in [-0.4, -0.2) is 29.6 Å². The number of ketones is 1. The van der Waals surface area contributed by atoms with Crippen molar-refractivity contribution in [3.05, 3.63) is 11.1 Å². The van der Waals surface area contributed by atoms with E-state index in [4.69, 9.17) is 4.74 Å². The molecule has 0 amide bonds. The Balaban J connectivity index is 1.61. The van der Waals surface area contributed by atoms with Crippen LogP contribution in [0.1, 0.15) is 113 Å². The molecule has 0 aromatic carbocycles. The Labute approximate surface area is 219 Å². The number of allylic oxidation sites excluding steroid dienone is 1. The van der Waals surface area contributed by atoms with Crippen molar-refractivity contribution in [3.63, 3.8) is 0 Å². The summed E-state index contributed by atoms with van der Waals surface area (Å²) < 4.78 is 5.68. The minimum Gasteiger partial charge on any atom is -0.465 e. The first-order chi connectivity index (χ1) is 16.7. The molecule has 0 aromatic heterocycles. The van der Waals surface area contributed by atoms with E-state index in [1.807, 2.05) is 6.92 Å². The second-order valence-corrected chi connectivity index (χ2v) is 14.9. The summed E-state index contributed by atoms with van der Waals surface area (Å²) in [5.41, 5.74) is 1.77. The summed E-state index contributed by atoms with van der Waals surface area (Å²) in [4.78, 5) is 27.1. The average molecular weight is 499 g/mol. The summed E-state index contributed by atoms with van der Waals surface area (Å²) in [6.07, 6.45) is 8.37. The molecule has 5 aliphatic rings. The van der Waals surface area contributed by atoms with Gasteiger partial charge in [-0.3, -0.25) is 9.59 Å².